The van der Waals surface area contributed by atoms with E-state index < -0.39 is 30.5 Å². The number of imide groups is 1. The van der Waals surface area contributed by atoms with Crippen LogP contribution in [0.4, 0.5) is 4.79 Å². The number of pyridine rings is 1. The molecule has 0 radical (unpaired) electrons. The summed E-state index contributed by atoms with van der Waals surface area (Å²) >= 11 is 0. The monoisotopic (exact) mass is 235 g/mol. The van der Waals surface area contributed by atoms with Crippen LogP contribution in [0.1, 0.15) is 11.6 Å². The number of nitrogens with zero attached hydrogens (tertiary/aromatic N) is 2. The average molecular weight is 235 g/mol. The third kappa shape index (κ3) is 2.07. The van der Waals surface area contributed by atoms with Gasteiger partial charge in [-0.05, 0) is 6.07 Å². The van der Waals surface area contributed by atoms with Crippen LogP contribution in [0.5, 0.6) is 0 Å². The van der Waals surface area contributed by atoms with Gasteiger partial charge < -0.3 is 10.4 Å². The second kappa shape index (κ2) is 4.20. The Morgan fingerprint density at radius 2 is 2.29 bits per heavy atom. The zero-order valence-corrected chi connectivity index (χ0v) is 8.66. The minimum atomic E-state index is -1.24. The number of aliphatic carboxylic acids is 1. The van der Waals surface area contributed by atoms with Crippen molar-refractivity contribution >= 4 is 17.9 Å². The van der Waals surface area contributed by atoms with Gasteiger partial charge in [-0.25, -0.2) is 4.79 Å². The van der Waals surface area contributed by atoms with Gasteiger partial charge in [-0.15, -0.1) is 0 Å². The molecule has 17 heavy (non-hydrogen) atoms. The van der Waals surface area contributed by atoms with E-state index >= 15 is 0 Å². The quantitative estimate of drug-likeness (QED) is 0.704. The van der Waals surface area contributed by atoms with Crippen molar-refractivity contribution in [3.8, 4) is 0 Å². The number of rotatable bonds is 3. The smallest absolute Gasteiger partial charge is 0.325 e. The van der Waals surface area contributed by atoms with Crippen molar-refractivity contribution in [2.24, 2.45) is 0 Å². The molecule has 88 valence electrons. The van der Waals surface area contributed by atoms with Gasteiger partial charge >= 0.3 is 12.0 Å². The summed E-state index contributed by atoms with van der Waals surface area (Å²) in [5.41, 5.74) is 0.527. The number of carbonyl (C=O) groups excluding carboxylic acids is 2. The summed E-state index contributed by atoms with van der Waals surface area (Å²) in [7, 11) is 0. The van der Waals surface area contributed by atoms with Crippen molar-refractivity contribution in [3.05, 3.63) is 30.1 Å². The number of urea groups is 1. The third-order valence-corrected chi connectivity index (χ3v) is 2.34. The highest BCUT2D eigenvalue weighted by molar-refractivity contribution is 6.06. The number of nitrogens with one attached hydrogen (secondary N) is 1. The van der Waals surface area contributed by atoms with E-state index in [0.29, 0.717) is 10.5 Å². The molecule has 3 amide bonds. The Balaban J connectivity index is 2.22. The lowest BCUT2D eigenvalue weighted by molar-refractivity contribution is -0.141. The van der Waals surface area contributed by atoms with Gasteiger partial charge in [0.15, 0.2) is 0 Å². The molecular weight excluding hydrogens is 226 g/mol. The maximum absolute atomic E-state index is 11.8. The molecule has 2 heterocycles. The Labute approximate surface area is 96.1 Å². The van der Waals surface area contributed by atoms with E-state index in [0.717, 1.165) is 0 Å². The predicted octanol–water partition coefficient (Wildman–Crippen LogP) is -0.241. The maximum Gasteiger partial charge on any atom is 0.325 e. The summed E-state index contributed by atoms with van der Waals surface area (Å²) in [6, 6.07) is 1.72. The number of aromatic nitrogens is 1. The van der Waals surface area contributed by atoms with E-state index in [1.807, 2.05) is 0 Å². The highest BCUT2D eigenvalue weighted by Gasteiger charge is 2.39. The van der Waals surface area contributed by atoms with E-state index in [-0.39, 0.29) is 0 Å². The standard InChI is InChI=1S/C10H9N3O4/c14-7(15)5-13-9(16)8(12-10(13)17)6-2-1-3-11-4-6/h1-4,8H,5H2,(H,12,17)(H,14,15)/t8-/m0/s1. The molecule has 1 saturated heterocycles. The number of carboxylic acid groups (broad SMARTS) is 1. The molecule has 1 fully saturated rings. The third-order valence-electron chi connectivity index (χ3n) is 2.34. The number of carboxylic acids is 1. The molecule has 7 nitrogen and oxygen atoms in total. The number of hydrogen-bond acceptors (Lipinski definition) is 4. The Morgan fingerprint density at radius 1 is 1.53 bits per heavy atom. The van der Waals surface area contributed by atoms with Crippen LogP contribution >= 0.6 is 0 Å². The zero-order chi connectivity index (χ0) is 12.4. The summed E-state index contributed by atoms with van der Waals surface area (Å²) < 4.78 is 0. The van der Waals surface area contributed by atoms with E-state index in [2.05, 4.69) is 10.3 Å². The van der Waals surface area contributed by atoms with E-state index in [9.17, 15) is 14.4 Å². The zero-order valence-electron chi connectivity index (χ0n) is 8.66. The van der Waals surface area contributed by atoms with Crippen molar-refractivity contribution in [2.45, 2.75) is 6.04 Å². The molecule has 0 aromatic carbocycles. The van der Waals surface area contributed by atoms with Gasteiger partial charge in [-0.3, -0.25) is 19.5 Å². The molecule has 0 aliphatic carbocycles. The topological polar surface area (TPSA) is 99.6 Å². The van der Waals surface area contributed by atoms with Crippen molar-refractivity contribution in [3.63, 3.8) is 0 Å². The summed E-state index contributed by atoms with van der Waals surface area (Å²) in [4.78, 5) is 38.2. The van der Waals surface area contributed by atoms with Crippen LogP contribution in [-0.4, -0.2) is 39.4 Å². The molecule has 2 rings (SSSR count). The van der Waals surface area contributed by atoms with E-state index in [1.54, 1.807) is 18.3 Å². The maximum atomic E-state index is 11.8. The molecule has 2 N–H and O–H groups in total. The predicted molar refractivity (Wildman–Crippen MR) is 54.9 cm³/mol. The Morgan fingerprint density at radius 3 is 2.88 bits per heavy atom. The molecule has 0 bridgehead atoms. The average Bonchev–Trinajstić information content (AvgIpc) is 2.58. The second-order valence-corrected chi connectivity index (χ2v) is 3.49. The lowest BCUT2D eigenvalue weighted by atomic mass is 10.1. The van der Waals surface area contributed by atoms with Crippen LogP contribution < -0.4 is 5.32 Å². The SMILES string of the molecule is O=C(O)CN1C(=O)N[C@@H](c2cccnc2)C1=O. The Hall–Kier alpha value is -2.44. The fourth-order valence-electron chi connectivity index (χ4n) is 1.58. The first-order chi connectivity index (χ1) is 8.09. The molecule has 1 aromatic heterocycles. The van der Waals surface area contributed by atoms with Crippen LogP contribution in [0.2, 0.25) is 0 Å². The molecule has 0 saturated carbocycles. The van der Waals surface area contributed by atoms with Gasteiger partial charge in [0, 0.05) is 18.0 Å². The number of amides is 3. The van der Waals surface area contributed by atoms with Crippen LogP contribution in [-0.2, 0) is 9.59 Å². The van der Waals surface area contributed by atoms with Crippen molar-refractivity contribution in [2.75, 3.05) is 6.54 Å². The summed E-state index contributed by atoms with van der Waals surface area (Å²) in [5.74, 6) is -1.81. The van der Waals surface area contributed by atoms with E-state index in [4.69, 9.17) is 5.11 Å². The molecule has 1 aliphatic rings. The number of carbonyl (C=O) groups is 3. The highest BCUT2D eigenvalue weighted by Crippen LogP contribution is 2.20. The van der Waals surface area contributed by atoms with Crippen molar-refractivity contribution in [1.82, 2.24) is 15.2 Å². The van der Waals surface area contributed by atoms with Gasteiger partial charge in [0.2, 0.25) is 0 Å². The Bertz CT molecular complexity index is 474. The second-order valence-electron chi connectivity index (χ2n) is 3.49. The minimum absolute atomic E-state index is 0.527. The number of hydrogen-bond donors (Lipinski definition) is 2. The normalized spacial score (nSPS) is 19.3. The molecule has 0 spiro atoms. The fourth-order valence-corrected chi connectivity index (χ4v) is 1.58. The first-order valence-electron chi connectivity index (χ1n) is 4.83. The fraction of sp³-hybridized carbons (Fsp3) is 0.200. The summed E-state index contributed by atoms with van der Waals surface area (Å²) in [5, 5.41) is 11.0. The largest absolute Gasteiger partial charge is 0.480 e. The van der Waals surface area contributed by atoms with Crippen LogP contribution in [0.15, 0.2) is 24.5 Å². The minimum Gasteiger partial charge on any atom is -0.480 e. The van der Waals surface area contributed by atoms with Crippen LogP contribution in [0, 0.1) is 0 Å². The molecule has 1 aromatic rings. The molecule has 7 heteroatoms. The van der Waals surface area contributed by atoms with Gasteiger partial charge in [0.05, 0.1) is 0 Å². The lowest BCUT2D eigenvalue weighted by Crippen LogP contribution is -2.35. The summed E-state index contributed by atoms with van der Waals surface area (Å²) in [6.45, 7) is -0.637. The highest BCUT2D eigenvalue weighted by atomic mass is 16.4. The lowest BCUT2D eigenvalue weighted by Gasteiger charge is -2.09. The van der Waals surface area contributed by atoms with E-state index in [1.165, 1.54) is 6.20 Å². The molecule has 1 aliphatic heterocycles. The first kappa shape index (κ1) is 11.1. The van der Waals surface area contributed by atoms with Crippen molar-refractivity contribution in [1.29, 1.82) is 0 Å². The van der Waals surface area contributed by atoms with Gasteiger partial charge in [-0.1, -0.05) is 6.07 Å². The van der Waals surface area contributed by atoms with Gasteiger partial charge in [-0.2, -0.15) is 0 Å². The van der Waals surface area contributed by atoms with Gasteiger partial charge in [0.1, 0.15) is 12.6 Å². The first-order valence-corrected chi connectivity index (χ1v) is 4.83. The molecule has 1 atom stereocenters. The van der Waals surface area contributed by atoms with Crippen molar-refractivity contribution < 1.29 is 19.5 Å². The summed E-state index contributed by atoms with van der Waals surface area (Å²) in [6.07, 6.45) is 2.99. The van der Waals surface area contributed by atoms with Crippen LogP contribution in [0.3, 0.4) is 0 Å². The molecule has 0 unspecified atom stereocenters. The van der Waals surface area contributed by atoms with Gasteiger partial charge in [0.25, 0.3) is 5.91 Å². The molecular formula is C10H9N3O4. The van der Waals surface area contributed by atoms with Crippen LogP contribution in [0.25, 0.3) is 0 Å². The Kier molecular flexibility index (Phi) is 2.73.